The lowest BCUT2D eigenvalue weighted by molar-refractivity contribution is 0.776. The fourth-order valence-corrected chi connectivity index (χ4v) is 1.66. The van der Waals surface area contributed by atoms with E-state index in [-0.39, 0.29) is 0 Å². The van der Waals surface area contributed by atoms with E-state index in [0.29, 0.717) is 6.54 Å². The molecule has 88 valence electrons. The van der Waals surface area contributed by atoms with Crippen molar-refractivity contribution in [3.05, 3.63) is 42.1 Å². The highest BCUT2D eigenvalue weighted by molar-refractivity contribution is 5.57. The lowest BCUT2D eigenvalue weighted by Crippen LogP contribution is -2.04. The monoisotopic (exact) mass is 228 g/mol. The van der Waals surface area contributed by atoms with Crippen LogP contribution in [-0.4, -0.2) is 21.5 Å². The molecule has 0 atom stereocenters. The Hall–Kier alpha value is -1.81. The highest BCUT2D eigenvalue weighted by atomic mass is 14.9. The van der Waals surface area contributed by atoms with Gasteiger partial charge in [0.05, 0.1) is 5.69 Å². The molecular formula is C13H16N4. The van der Waals surface area contributed by atoms with Gasteiger partial charge in [-0.15, -0.1) is 0 Å². The molecule has 0 saturated heterocycles. The van der Waals surface area contributed by atoms with Gasteiger partial charge in [0.25, 0.3) is 0 Å². The molecule has 17 heavy (non-hydrogen) atoms. The molecule has 0 radical (unpaired) electrons. The van der Waals surface area contributed by atoms with Crippen molar-refractivity contribution in [2.45, 2.75) is 19.8 Å². The Bertz CT molecular complexity index is 482. The molecule has 0 bridgehead atoms. The van der Waals surface area contributed by atoms with E-state index in [4.69, 9.17) is 5.73 Å². The molecule has 2 N–H and O–H groups in total. The van der Waals surface area contributed by atoms with Crippen molar-refractivity contribution in [2.24, 2.45) is 5.73 Å². The van der Waals surface area contributed by atoms with E-state index >= 15 is 0 Å². The number of nitrogens with zero attached hydrogens (tertiary/aromatic N) is 3. The minimum Gasteiger partial charge on any atom is -0.330 e. The Morgan fingerprint density at radius 1 is 1.29 bits per heavy atom. The molecule has 0 aliphatic rings. The predicted molar refractivity (Wildman–Crippen MR) is 67.4 cm³/mol. The van der Waals surface area contributed by atoms with E-state index < -0.39 is 0 Å². The first-order valence-corrected chi connectivity index (χ1v) is 5.74. The quantitative estimate of drug-likeness (QED) is 0.865. The van der Waals surface area contributed by atoms with Crippen LogP contribution in [0.4, 0.5) is 0 Å². The maximum atomic E-state index is 5.50. The zero-order chi connectivity index (χ0) is 12.1. The fraction of sp³-hybridized carbons (Fsp3) is 0.308. The summed E-state index contributed by atoms with van der Waals surface area (Å²) in [5.41, 5.74) is 8.42. The summed E-state index contributed by atoms with van der Waals surface area (Å²) in [7, 11) is 0. The van der Waals surface area contributed by atoms with Crippen LogP contribution in [0, 0.1) is 6.92 Å². The summed E-state index contributed by atoms with van der Waals surface area (Å²) >= 11 is 0. The molecule has 0 fully saturated rings. The second kappa shape index (κ2) is 5.50. The molecule has 0 aliphatic heterocycles. The smallest absolute Gasteiger partial charge is 0.129 e. The third-order valence-corrected chi connectivity index (χ3v) is 2.46. The maximum absolute atomic E-state index is 5.50. The molecule has 0 spiro atoms. The minimum absolute atomic E-state index is 0.666. The van der Waals surface area contributed by atoms with Crippen molar-refractivity contribution in [1.29, 1.82) is 0 Å². The molecule has 0 aromatic carbocycles. The van der Waals surface area contributed by atoms with Crippen LogP contribution >= 0.6 is 0 Å². The first-order valence-electron chi connectivity index (χ1n) is 5.74. The van der Waals surface area contributed by atoms with Crippen LogP contribution < -0.4 is 5.73 Å². The highest BCUT2D eigenvalue weighted by Crippen LogP contribution is 2.16. The number of hydrogen-bond donors (Lipinski definition) is 1. The van der Waals surface area contributed by atoms with Crippen molar-refractivity contribution in [3.8, 4) is 11.3 Å². The summed E-state index contributed by atoms with van der Waals surface area (Å²) in [6.07, 6.45) is 5.31. The molecule has 0 saturated carbocycles. The van der Waals surface area contributed by atoms with E-state index in [1.807, 2.05) is 31.3 Å². The molecule has 4 nitrogen and oxygen atoms in total. The van der Waals surface area contributed by atoms with Crippen LogP contribution in [0.3, 0.4) is 0 Å². The minimum atomic E-state index is 0.666. The molecule has 2 rings (SSSR count). The number of aryl methyl sites for hydroxylation is 2. The van der Waals surface area contributed by atoms with E-state index in [1.54, 1.807) is 6.20 Å². The Kier molecular flexibility index (Phi) is 3.77. The molecule has 2 aromatic rings. The molecule has 4 heteroatoms. The Morgan fingerprint density at radius 2 is 2.18 bits per heavy atom. The highest BCUT2D eigenvalue weighted by Gasteiger charge is 2.04. The number of nitrogens with two attached hydrogens (primary N) is 1. The summed E-state index contributed by atoms with van der Waals surface area (Å²) in [5, 5.41) is 0. The lowest BCUT2D eigenvalue weighted by Gasteiger charge is -2.05. The maximum Gasteiger partial charge on any atom is 0.129 e. The van der Waals surface area contributed by atoms with E-state index in [9.17, 15) is 0 Å². The summed E-state index contributed by atoms with van der Waals surface area (Å²) in [6, 6.07) is 5.89. The van der Waals surface area contributed by atoms with Crippen molar-refractivity contribution in [1.82, 2.24) is 15.0 Å². The molecule has 2 heterocycles. The van der Waals surface area contributed by atoms with Crippen LogP contribution in [-0.2, 0) is 6.42 Å². The largest absolute Gasteiger partial charge is 0.330 e. The number of pyridine rings is 1. The summed E-state index contributed by atoms with van der Waals surface area (Å²) in [6.45, 7) is 2.65. The molecular weight excluding hydrogens is 212 g/mol. The normalized spacial score (nSPS) is 10.5. The summed E-state index contributed by atoms with van der Waals surface area (Å²) in [4.78, 5) is 13.0. The first-order chi connectivity index (χ1) is 8.29. The van der Waals surface area contributed by atoms with E-state index in [2.05, 4.69) is 15.0 Å². The van der Waals surface area contributed by atoms with Gasteiger partial charge in [0.15, 0.2) is 0 Å². The average Bonchev–Trinajstić information content (AvgIpc) is 2.37. The molecule has 0 aliphatic carbocycles. The van der Waals surface area contributed by atoms with Gasteiger partial charge in [-0.05, 0) is 38.1 Å². The zero-order valence-electron chi connectivity index (χ0n) is 9.93. The summed E-state index contributed by atoms with van der Waals surface area (Å²) < 4.78 is 0. The van der Waals surface area contributed by atoms with Gasteiger partial charge in [-0.1, -0.05) is 0 Å². The van der Waals surface area contributed by atoms with Crippen molar-refractivity contribution in [2.75, 3.05) is 6.54 Å². The second-order valence-electron chi connectivity index (χ2n) is 3.94. The zero-order valence-corrected chi connectivity index (χ0v) is 9.93. The van der Waals surface area contributed by atoms with Gasteiger partial charge in [-0.25, -0.2) is 9.97 Å². The number of rotatable bonds is 4. The first kappa shape index (κ1) is 11.7. The van der Waals surface area contributed by atoms with E-state index in [0.717, 1.165) is 35.6 Å². The Labute approximate surface area is 101 Å². The number of aromatic nitrogens is 3. The average molecular weight is 228 g/mol. The van der Waals surface area contributed by atoms with Crippen LogP contribution in [0.25, 0.3) is 11.3 Å². The van der Waals surface area contributed by atoms with Crippen LogP contribution in [0.2, 0.25) is 0 Å². The van der Waals surface area contributed by atoms with Gasteiger partial charge in [-0.2, -0.15) is 0 Å². The second-order valence-corrected chi connectivity index (χ2v) is 3.94. The SMILES string of the molecule is Cc1cc(-c2cccnc2)nc(CCCN)n1. The Morgan fingerprint density at radius 3 is 2.88 bits per heavy atom. The van der Waals surface area contributed by atoms with Gasteiger partial charge in [-0.3, -0.25) is 4.98 Å². The molecule has 2 aromatic heterocycles. The van der Waals surface area contributed by atoms with Crippen molar-refractivity contribution >= 4 is 0 Å². The standard InChI is InChI=1S/C13H16N4/c1-10-8-12(11-4-3-7-15-9-11)17-13(16-10)5-2-6-14/h3-4,7-9H,2,5-6,14H2,1H3. The van der Waals surface area contributed by atoms with Gasteiger partial charge < -0.3 is 5.73 Å². The lowest BCUT2D eigenvalue weighted by atomic mass is 10.2. The topological polar surface area (TPSA) is 64.7 Å². The fourth-order valence-electron chi connectivity index (χ4n) is 1.66. The van der Waals surface area contributed by atoms with Crippen molar-refractivity contribution in [3.63, 3.8) is 0 Å². The molecule has 0 amide bonds. The summed E-state index contributed by atoms with van der Waals surface area (Å²) in [5.74, 6) is 0.856. The molecule has 0 unspecified atom stereocenters. The van der Waals surface area contributed by atoms with Gasteiger partial charge >= 0.3 is 0 Å². The van der Waals surface area contributed by atoms with Crippen LogP contribution in [0.15, 0.2) is 30.6 Å². The predicted octanol–water partition coefficient (Wildman–Crippen LogP) is 1.74. The Balaban J connectivity index is 2.32. The third-order valence-electron chi connectivity index (χ3n) is 2.46. The van der Waals surface area contributed by atoms with Crippen LogP contribution in [0.5, 0.6) is 0 Å². The van der Waals surface area contributed by atoms with Crippen molar-refractivity contribution < 1.29 is 0 Å². The third kappa shape index (κ3) is 3.07. The number of hydrogen-bond acceptors (Lipinski definition) is 4. The van der Waals surface area contributed by atoms with Gasteiger partial charge in [0, 0.05) is 30.1 Å². The van der Waals surface area contributed by atoms with E-state index in [1.165, 1.54) is 0 Å². The van der Waals surface area contributed by atoms with Crippen LogP contribution in [0.1, 0.15) is 17.9 Å². The van der Waals surface area contributed by atoms with Gasteiger partial charge in [0.2, 0.25) is 0 Å². The van der Waals surface area contributed by atoms with Gasteiger partial charge in [0.1, 0.15) is 5.82 Å².